The Balaban J connectivity index is 1.32. The van der Waals surface area contributed by atoms with Crippen molar-refractivity contribution in [3.8, 4) is 0 Å². The highest BCUT2D eigenvalue weighted by Gasteiger charge is 2.27. The Labute approximate surface area is 166 Å². The van der Waals surface area contributed by atoms with Crippen LogP contribution in [0.5, 0.6) is 0 Å². The van der Waals surface area contributed by atoms with Crippen LogP contribution in [0.4, 0.5) is 0 Å². The van der Waals surface area contributed by atoms with Gasteiger partial charge < -0.3 is 10.2 Å². The molecule has 0 aliphatic carbocycles. The highest BCUT2D eigenvalue weighted by atomic mass is 16.7. The monoisotopic (exact) mass is 374 g/mol. The van der Waals surface area contributed by atoms with E-state index >= 15 is 0 Å². The topological polar surface area (TPSA) is 41.6 Å². The molecule has 144 valence electrons. The van der Waals surface area contributed by atoms with Crippen molar-refractivity contribution in [3.05, 3.63) is 83.9 Å². The van der Waals surface area contributed by atoms with Gasteiger partial charge in [-0.15, -0.1) is 5.06 Å². The number of hydroxylamine groups is 2. The van der Waals surface area contributed by atoms with E-state index in [1.54, 1.807) is 5.06 Å². The third-order valence-electron chi connectivity index (χ3n) is 5.35. The molecule has 1 aliphatic rings. The minimum absolute atomic E-state index is 0.200. The molecule has 1 saturated heterocycles. The number of benzene rings is 3. The van der Waals surface area contributed by atoms with Crippen molar-refractivity contribution in [1.29, 1.82) is 0 Å². The molecule has 3 aromatic carbocycles. The van der Waals surface area contributed by atoms with E-state index in [9.17, 15) is 4.79 Å². The van der Waals surface area contributed by atoms with Crippen LogP contribution in [0.25, 0.3) is 10.8 Å². The highest BCUT2D eigenvalue weighted by Crippen LogP contribution is 2.25. The molecule has 3 aromatic rings. The first kappa shape index (κ1) is 18.7. The molecule has 4 heteroatoms. The predicted molar refractivity (Wildman–Crippen MR) is 112 cm³/mol. The maximum absolute atomic E-state index is 12.2. The zero-order valence-corrected chi connectivity index (χ0v) is 16.2. The van der Waals surface area contributed by atoms with Gasteiger partial charge in [-0.25, -0.2) is 4.79 Å². The summed E-state index contributed by atoms with van der Waals surface area (Å²) < 4.78 is 0. The lowest BCUT2D eigenvalue weighted by molar-refractivity contribution is -0.184. The zero-order chi connectivity index (χ0) is 19.3. The fourth-order valence-electron chi connectivity index (χ4n) is 3.96. The normalized spacial score (nSPS) is 18.2. The summed E-state index contributed by atoms with van der Waals surface area (Å²) in [6.07, 6.45) is 1.27. The van der Waals surface area contributed by atoms with E-state index in [1.807, 2.05) is 30.3 Å². The Kier molecular flexibility index (Phi) is 5.70. The summed E-state index contributed by atoms with van der Waals surface area (Å²) >= 11 is 0. The summed E-state index contributed by atoms with van der Waals surface area (Å²) in [5, 5.41) is 8.04. The lowest BCUT2D eigenvalue weighted by atomic mass is 9.99. The molecule has 1 aliphatic heterocycles. The van der Waals surface area contributed by atoms with Crippen molar-refractivity contribution >= 4 is 16.7 Å². The lowest BCUT2D eigenvalue weighted by Crippen LogP contribution is -2.35. The molecule has 0 spiro atoms. The van der Waals surface area contributed by atoms with E-state index < -0.39 is 0 Å². The van der Waals surface area contributed by atoms with Gasteiger partial charge in [0, 0.05) is 18.6 Å². The Hall–Kier alpha value is -2.69. The van der Waals surface area contributed by atoms with Crippen LogP contribution in [0.3, 0.4) is 0 Å². The molecule has 1 fully saturated rings. The van der Waals surface area contributed by atoms with Gasteiger partial charge in [-0.1, -0.05) is 72.8 Å². The summed E-state index contributed by atoms with van der Waals surface area (Å²) in [6, 6.07) is 25.2. The maximum atomic E-state index is 12.2. The van der Waals surface area contributed by atoms with Gasteiger partial charge in [-0.05, 0) is 35.2 Å². The molecule has 0 bridgehead atoms. The first-order valence-corrected chi connectivity index (χ1v) is 9.92. The third-order valence-corrected chi connectivity index (χ3v) is 5.35. The predicted octanol–water partition coefficient (Wildman–Crippen LogP) is 4.27. The van der Waals surface area contributed by atoms with E-state index in [4.69, 9.17) is 4.84 Å². The van der Waals surface area contributed by atoms with E-state index in [1.165, 1.54) is 16.3 Å². The van der Waals surface area contributed by atoms with Gasteiger partial charge in [0.1, 0.15) is 0 Å². The second-order valence-corrected chi connectivity index (χ2v) is 7.46. The van der Waals surface area contributed by atoms with Crippen LogP contribution in [-0.2, 0) is 16.1 Å². The minimum atomic E-state index is -0.200. The van der Waals surface area contributed by atoms with Crippen molar-refractivity contribution < 1.29 is 9.63 Å². The first-order chi connectivity index (χ1) is 13.7. The average molecular weight is 374 g/mol. The average Bonchev–Trinajstić information content (AvgIpc) is 3.14. The van der Waals surface area contributed by atoms with Gasteiger partial charge in [0.05, 0.1) is 13.0 Å². The molecule has 0 amide bonds. The van der Waals surface area contributed by atoms with Crippen molar-refractivity contribution in [2.75, 3.05) is 13.1 Å². The molecule has 2 atom stereocenters. The largest absolute Gasteiger partial charge is 0.368 e. The Morgan fingerprint density at radius 2 is 1.82 bits per heavy atom. The van der Waals surface area contributed by atoms with Crippen LogP contribution in [0.1, 0.15) is 30.5 Å². The van der Waals surface area contributed by atoms with Gasteiger partial charge >= 0.3 is 5.97 Å². The van der Waals surface area contributed by atoms with Crippen molar-refractivity contribution in [3.63, 3.8) is 0 Å². The molecule has 0 radical (unpaired) electrons. The Morgan fingerprint density at radius 3 is 2.68 bits per heavy atom. The van der Waals surface area contributed by atoms with Crippen LogP contribution in [0, 0.1) is 0 Å². The van der Waals surface area contributed by atoms with Gasteiger partial charge in [-0.2, -0.15) is 0 Å². The molecule has 1 N–H and O–H groups in total. The molecule has 4 nitrogen and oxygen atoms in total. The van der Waals surface area contributed by atoms with Gasteiger partial charge in [0.15, 0.2) is 0 Å². The van der Waals surface area contributed by atoms with Crippen LogP contribution in [0.2, 0.25) is 0 Å². The highest BCUT2D eigenvalue weighted by molar-refractivity contribution is 5.86. The van der Waals surface area contributed by atoms with Gasteiger partial charge in [0.2, 0.25) is 0 Å². The molecule has 4 rings (SSSR count). The van der Waals surface area contributed by atoms with Crippen molar-refractivity contribution in [2.45, 2.75) is 31.8 Å². The summed E-state index contributed by atoms with van der Waals surface area (Å²) in [5.74, 6) is -0.200. The molecule has 0 saturated carbocycles. The van der Waals surface area contributed by atoms with Crippen LogP contribution in [-0.4, -0.2) is 30.2 Å². The second kappa shape index (κ2) is 8.55. The number of nitrogens with one attached hydrogen (secondary N) is 1. The number of carbonyl (C=O) groups excluding carboxylic acids is 1. The van der Waals surface area contributed by atoms with Crippen molar-refractivity contribution in [2.24, 2.45) is 0 Å². The van der Waals surface area contributed by atoms with Gasteiger partial charge in [0.25, 0.3) is 0 Å². The summed E-state index contributed by atoms with van der Waals surface area (Å²) in [7, 11) is 0. The first-order valence-electron chi connectivity index (χ1n) is 9.92. The number of carbonyl (C=O) groups is 1. The minimum Gasteiger partial charge on any atom is -0.368 e. The number of rotatable bonds is 6. The zero-order valence-electron chi connectivity index (χ0n) is 16.2. The lowest BCUT2D eigenvalue weighted by Gasteiger charge is -2.21. The van der Waals surface area contributed by atoms with Crippen molar-refractivity contribution in [1.82, 2.24) is 10.4 Å². The van der Waals surface area contributed by atoms with Crippen LogP contribution in [0.15, 0.2) is 72.8 Å². The molecular formula is C24H26N2O2. The fraction of sp³-hybridized carbons (Fsp3) is 0.292. The second-order valence-electron chi connectivity index (χ2n) is 7.46. The van der Waals surface area contributed by atoms with Crippen LogP contribution < -0.4 is 5.32 Å². The van der Waals surface area contributed by atoms with Crippen LogP contribution >= 0.6 is 0 Å². The number of fused-ring (bicyclic) bond motifs is 1. The Morgan fingerprint density at radius 1 is 1.07 bits per heavy atom. The molecular weight excluding hydrogens is 348 g/mol. The molecule has 28 heavy (non-hydrogen) atoms. The van der Waals surface area contributed by atoms with E-state index in [0.29, 0.717) is 12.5 Å². The van der Waals surface area contributed by atoms with E-state index in [2.05, 4.69) is 54.7 Å². The number of hydrogen-bond acceptors (Lipinski definition) is 4. The standard InChI is InChI=1S/C24H26N2O2/c1-18(22-13-7-11-20-10-5-6-12-23(20)22)25-21-14-15-26(17-21)28-24(27)16-19-8-3-2-4-9-19/h2-13,18,21,25H,14-17H2,1H3/t18-,21+/m1/s1. The molecule has 0 aromatic heterocycles. The smallest absolute Gasteiger partial charge is 0.329 e. The van der Waals surface area contributed by atoms with E-state index in [0.717, 1.165) is 25.1 Å². The van der Waals surface area contributed by atoms with E-state index in [-0.39, 0.29) is 12.0 Å². The third kappa shape index (κ3) is 4.41. The van der Waals surface area contributed by atoms with Gasteiger partial charge in [-0.3, -0.25) is 0 Å². The molecule has 1 heterocycles. The maximum Gasteiger partial charge on any atom is 0.329 e. The summed E-state index contributed by atoms with van der Waals surface area (Å²) in [5.41, 5.74) is 2.28. The number of nitrogens with zero attached hydrogens (tertiary/aromatic N) is 1. The SMILES string of the molecule is C[C@@H](N[C@H]1CCN(OC(=O)Cc2ccccc2)C1)c1cccc2ccccc12. The Bertz CT molecular complexity index is 936. The summed E-state index contributed by atoms with van der Waals surface area (Å²) in [6.45, 7) is 3.68. The number of hydrogen-bond donors (Lipinski definition) is 1. The fourth-order valence-corrected chi connectivity index (χ4v) is 3.96. The molecule has 0 unspecified atom stereocenters. The summed E-state index contributed by atoms with van der Waals surface area (Å²) in [4.78, 5) is 17.7. The quantitative estimate of drug-likeness (QED) is 0.700.